The summed E-state index contributed by atoms with van der Waals surface area (Å²) in [5.74, 6) is -1.14. The second kappa shape index (κ2) is 3.40. The molecule has 4 N–H and O–H groups in total. The Morgan fingerprint density at radius 1 is 1.54 bits per heavy atom. The Hall–Kier alpha value is -1.63. The topological polar surface area (TPSA) is 114 Å². The molecule has 0 aliphatic carbocycles. The monoisotopic (exact) mass is 187 g/mol. The number of nitrogens with two attached hydrogens (primary N) is 1. The fourth-order valence-electron chi connectivity index (χ4n) is 0.818. The van der Waals surface area contributed by atoms with Crippen LogP contribution in [0.5, 0.6) is 0 Å². The highest BCUT2D eigenvalue weighted by Gasteiger charge is 2.23. The van der Waals surface area contributed by atoms with E-state index in [1.54, 1.807) is 0 Å². The number of carboxylic acids is 1. The number of aliphatic carboxylic acids is 1. The normalized spacial score (nSPS) is 13.0. The molecule has 7 nitrogen and oxygen atoms in total. The van der Waals surface area contributed by atoms with Crippen LogP contribution in [0, 0.1) is 0 Å². The predicted octanol–water partition coefficient (Wildman–Crippen LogP) is -2.57. The summed E-state index contributed by atoms with van der Waals surface area (Å²) in [5.41, 5.74) is 5.95. The predicted molar refractivity (Wildman–Crippen MR) is 43.8 cm³/mol. The molecule has 72 valence electrons. The molecule has 1 atom stereocenters. The first kappa shape index (κ1) is 9.46. The third kappa shape index (κ3) is 1.94. The van der Waals surface area contributed by atoms with E-state index in [0.717, 1.165) is 0 Å². The van der Waals surface area contributed by atoms with Crippen LogP contribution in [0.3, 0.4) is 0 Å². The zero-order valence-corrected chi connectivity index (χ0v) is 6.69. The number of hydrogen-bond donors (Lipinski definition) is 3. The van der Waals surface area contributed by atoms with Crippen LogP contribution in [0.25, 0.3) is 0 Å². The lowest BCUT2D eigenvalue weighted by atomic mass is 10.2. The molecule has 0 aliphatic heterocycles. The van der Waals surface area contributed by atoms with Gasteiger partial charge in [-0.1, -0.05) is 0 Å². The van der Waals surface area contributed by atoms with Gasteiger partial charge in [-0.2, -0.15) is 4.68 Å². The molecule has 0 saturated heterocycles. The molecule has 1 unspecified atom stereocenters. The highest BCUT2D eigenvalue weighted by atomic mass is 16.4. The van der Waals surface area contributed by atoms with Gasteiger partial charge in [0.05, 0.1) is 0 Å². The Bertz CT molecular complexity index is 350. The summed E-state index contributed by atoms with van der Waals surface area (Å²) in [4.78, 5) is 31.4. The zero-order chi connectivity index (χ0) is 10.0. The van der Waals surface area contributed by atoms with E-state index in [0.29, 0.717) is 4.68 Å². The van der Waals surface area contributed by atoms with Crippen molar-refractivity contribution in [3.05, 3.63) is 20.7 Å². The highest BCUT2D eigenvalue weighted by Crippen LogP contribution is 1.91. The van der Waals surface area contributed by atoms with Gasteiger partial charge in [0.25, 0.3) is 0 Å². The minimum absolute atomic E-state index is 0.159. The first-order valence-electron chi connectivity index (χ1n) is 3.65. The van der Waals surface area contributed by atoms with Crippen LogP contribution in [0.1, 0.15) is 6.42 Å². The van der Waals surface area contributed by atoms with E-state index in [4.69, 9.17) is 10.8 Å². The van der Waals surface area contributed by atoms with Gasteiger partial charge in [0.1, 0.15) is 6.04 Å². The number of carboxylic acid groups (broad SMARTS) is 1. The molecular weight excluding hydrogens is 178 g/mol. The standard InChI is InChI=1S/C6H9N3O4/c7-2-1-3(6(12)13)8-9-4(10)5(9)11/h3,8H,1-2,7H2,(H,12,13). The summed E-state index contributed by atoms with van der Waals surface area (Å²) >= 11 is 0. The number of nitrogens with one attached hydrogen (secondary N) is 1. The second-order valence-corrected chi connectivity index (χ2v) is 2.54. The summed E-state index contributed by atoms with van der Waals surface area (Å²) in [6, 6.07) is -0.986. The maximum atomic E-state index is 10.5. The molecule has 0 spiro atoms. The van der Waals surface area contributed by atoms with Gasteiger partial charge in [-0.05, 0) is 13.0 Å². The Kier molecular flexibility index (Phi) is 2.47. The molecule has 0 amide bonds. The van der Waals surface area contributed by atoms with Crippen LogP contribution in [-0.2, 0) is 4.79 Å². The number of nitrogens with zero attached hydrogens (tertiary/aromatic N) is 1. The van der Waals surface area contributed by atoms with Crippen LogP contribution < -0.4 is 22.3 Å². The Morgan fingerprint density at radius 2 is 2.08 bits per heavy atom. The molecule has 0 aromatic carbocycles. The summed E-state index contributed by atoms with van der Waals surface area (Å²) in [5, 5.41) is 8.59. The van der Waals surface area contributed by atoms with Crippen molar-refractivity contribution in [3.8, 4) is 0 Å². The van der Waals surface area contributed by atoms with Crippen molar-refractivity contribution in [2.75, 3.05) is 12.0 Å². The molecule has 1 aromatic heterocycles. The van der Waals surface area contributed by atoms with Crippen LogP contribution >= 0.6 is 0 Å². The van der Waals surface area contributed by atoms with Crippen molar-refractivity contribution in [3.63, 3.8) is 0 Å². The van der Waals surface area contributed by atoms with Crippen molar-refractivity contribution < 1.29 is 9.90 Å². The van der Waals surface area contributed by atoms with E-state index in [9.17, 15) is 14.4 Å². The van der Waals surface area contributed by atoms with E-state index in [1.807, 2.05) is 0 Å². The zero-order valence-electron chi connectivity index (χ0n) is 6.69. The van der Waals surface area contributed by atoms with E-state index < -0.39 is 23.1 Å². The molecule has 0 aliphatic rings. The number of hydrogen-bond acceptors (Lipinski definition) is 5. The molecule has 1 aromatic rings. The van der Waals surface area contributed by atoms with Gasteiger partial charge in [0.2, 0.25) is 0 Å². The Labute approximate surface area is 72.4 Å². The molecule has 13 heavy (non-hydrogen) atoms. The maximum absolute atomic E-state index is 10.5. The summed E-state index contributed by atoms with van der Waals surface area (Å²) in [6.07, 6.45) is 0.159. The lowest BCUT2D eigenvalue weighted by Gasteiger charge is -2.10. The maximum Gasteiger partial charge on any atom is 0.340 e. The fourth-order valence-corrected chi connectivity index (χ4v) is 0.818. The lowest BCUT2D eigenvalue weighted by molar-refractivity contribution is -0.138. The summed E-state index contributed by atoms with van der Waals surface area (Å²) in [7, 11) is 0. The van der Waals surface area contributed by atoms with Crippen LogP contribution in [0.15, 0.2) is 9.59 Å². The van der Waals surface area contributed by atoms with Gasteiger partial charge in [-0.15, -0.1) is 0 Å². The van der Waals surface area contributed by atoms with Gasteiger partial charge < -0.3 is 16.3 Å². The smallest absolute Gasteiger partial charge is 0.340 e. The van der Waals surface area contributed by atoms with E-state index >= 15 is 0 Å². The van der Waals surface area contributed by atoms with Gasteiger partial charge >= 0.3 is 17.1 Å². The molecule has 1 heterocycles. The van der Waals surface area contributed by atoms with Crippen molar-refractivity contribution >= 4 is 5.97 Å². The van der Waals surface area contributed by atoms with Crippen LogP contribution in [0.4, 0.5) is 0 Å². The summed E-state index contributed by atoms with van der Waals surface area (Å²) in [6.45, 7) is 0.167. The fraction of sp³-hybridized carbons (Fsp3) is 0.500. The molecule has 0 bridgehead atoms. The minimum atomic E-state index is -1.14. The van der Waals surface area contributed by atoms with E-state index in [2.05, 4.69) is 5.43 Å². The largest absolute Gasteiger partial charge is 0.480 e. The third-order valence-electron chi connectivity index (χ3n) is 1.58. The molecule has 1 rings (SSSR count). The van der Waals surface area contributed by atoms with Crippen LogP contribution in [-0.4, -0.2) is 28.3 Å². The summed E-state index contributed by atoms with van der Waals surface area (Å²) < 4.78 is 0.661. The molecule has 0 fully saturated rings. The molecule has 0 radical (unpaired) electrons. The molecule has 0 saturated carbocycles. The van der Waals surface area contributed by atoms with Gasteiger partial charge in [0, 0.05) is 0 Å². The van der Waals surface area contributed by atoms with Crippen molar-refractivity contribution in [1.82, 2.24) is 4.68 Å². The second-order valence-electron chi connectivity index (χ2n) is 2.54. The molecular formula is C6H9N3O4. The van der Waals surface area contributed by atoms with Gasteiger partial charge in [-0.3, -0.25) is 9.59 Å². The Balaban J connectivity index is 2.59. The van der Waals surface area contributed by atoms with Crippen molar-refractivity contribution in [2.45, 2.75) is 12.5 Å². The number of rotatable bonds is 5. The highest BCUT2D eigenvalue weighted by molar-refractivity contribution is 5.74. The van der Waals surface area contributed by atoms with Gasteiger partial charge in [0.15, 0.2) is 0 Å². The minimum Gasteiger partial charge on any atom is -0.480 e. The van der Waals surface area contributed by atoms with E-state index in [-0.39, 0.29) is 13.0 Å². The SMILES string of the molecule is NCCC(Nn1c(=O)c1=O)C(=O)O. The lowest BCUT2D eigenvalue weighted by Crippen LogP contribution is -2.36. The average Bonchev–Trinajstić information content (AvgIpc) is 2.61. The number of carbonyl (C=O) groups is 1. The van der Waals surface area contributed by atoms with E-state index in [1.165, 1.54) is 0 Å². The first-order chi connectivity index (χ1) is 6.07. The van der Waals surface area contributed by atoms with Gasteiger partial charge in [-0.25, -0.2) is 4.79 Å². The first-order valence-corrected chi connectivity index (χ1v) is 3.65. The quantitative estimate of drug-likeness (QED) is 0.436. The van der Waals surface area contributed by atoms with Crippen molar-refractivity contribution in [1.29, 1.82) is 0 Å². The number of aromatic nitrogens is 1. The average molecular weight is 187 g/mol. The Morgan fingerprint density at radius 3 is 2.38 bits per heavy atom. The van der Waals surface area contributed by atoms with Crippen molar-refractivity contribution in [2.24, 2.45) is 5.73 Å². The third-order valence-corrected chi connectivity index (χ3v) is 1.58. The molecule has 7 heteroatoms. The van der Waals surface area contributed by atoms with Crippen LogP contribution in [0.2, 0.25) is 0 Å².